The van der Waals surface area contributed by atoms with Gasteiger partial charge in [-0.05, 0) is 70.6 Å². The Morgan fingerprint density at radius 2 is 1.21 bits per heavy atom. The minimum atomic E-state index is -1.57. The van der Waals surface area contributed by atoms with E-state index < -0.39 is 49.5 Å². The lowest BCUT2D eigenvalue weighted by atomic mass is 9.99. The number of carbonyl (C=O) groups excluding carboxylic acids is 1. The molecule has 300 valence electrons. The lowest BCUT2D eigenvalue weighted by Crippen LogP contribution is -2.60. The third-order valence-electron chi connectivity index (χ3n) is 9.30. The number of rotatable bonds is 32. The average molecular weight is 734 g/mol. The number of aliphatic hydroxyl groups is 5. The summed E-state index contributed by atoms with van der Waals surface area (Å²) in [4.78, 5) is 12.9. The molecule has 7 unspecified atom stereocenters. The van der Waals surface area contributed by atoms with E-state index in [1.54, 1.807) is 6.08 Å². The molecule has 9 nitrogen and oxygen atoms in total. The number of nitrogens with one attached hydrogen (secondary N) is 1. The van der Waals surface area contributed by atoms with E-state index in [1.165, 1.54) is 57.8 Å². The number of ether oxygens (including phenoxy) is 2. The molecule has 0 bridgehead atoms. The zero-order valence-electron chi connectivity index (χ0n) is 32.5. The molecular weight excluding hydrogens is 658 g/mol. The normalized spacial score (nSPS) is 22.5. The fourth-order valence-corrected chi connectivity index (χ4v) is 5.99. The van der Waals surface area contributed by atoms with Crippen molar-refractivity contribution in [2.24, 2.45) is 0 Å². The van der Waals surface area contributed by atoms with Crippen LogP contribution in [0.4, 0.5) is 0 Å². The van der Waals surface area contributed by atoms with Gasteiger partial charge >= 0.3 is 0 Å². The van der Waals surface area contributed by atoms with Gasteiger partial charge in [0.05, 0.1) is 25.4 Å². The van der Waals surface area contributed by atoms with Crippen molar-refractivity contribution >= 4 is 5.91 Å². The number of amides is 1. The first-order valence-electron chi connectivity index (χ1n) is 20.5. The van der Waals surface area contributed by atoms with Gasteiger partial charge in [-0.2, -0.15) is 0 Å². The second-order valence-electron chi connectivity index (χ2n) is 14.0. The maximum Gasteiger partial charge on any atom is 0.220 e. The van der Waals surface area contributed by atoms with Crippen LogP contribution in [0.15, 0.2) is 60.8 Å². The van der Waals surface area contributed by atoms with Gasteiger partial charge in [0, 0.05) is 6.42 Å². The summed E-state index contributed by atoms with van der Waals surface area (Å²) in [5, 5.41) is 53.9. The van der Waals surface area contributed by atoms with Crippen LogP contribution in [0.3, 0.4) is 0 Å². The first-order valence-corrected chi connectivity index (χ1v) is 20.5. The molecule has 7 atom stereocenters. The monoisotopic (exact) mass is 734 g/mol. The topological polar surface area (TPSA) is 149 Å². The van der Waals surface area contributed by atoms with Crippen LogP contribution >= 0.6 is 0 Å². The molecule has 0 saturated carbocycles. The molecule has 1 rings (SSSR count). The van der Waals surface area contributed by atoms with Crippen LogP contribution in [0.1, 0.15) is 149 Å². The van der Waals surface area contributed by atoms with Crippen LogP contribution in [-0.2, 0) is 14.3 Å². The van der Waals surface area contributed by atoms with E-state index >= 15 is 0 Å². The summed E-state index contributed by atoms with van der Waals surface area (Å²) >= 11 is 0. The van der Waals surface area contributed by atoms with Crippen LogP contribution in [0.25, 0.3) is 0 Å². The first-order chi connectivity index (χ1) is 25.3. The Labute approximate surface area is 316 Å². The Kier molecular flexibility index (Phi) is 30.8. The predicted molar refractivity (Wildman–Crippen MR) is 212 cm³/mol. The highest BCUT2D eigenvalue weighted by atomic mass is 16.7. The van der Waals surface area contributed by atoms with Crippen molar-refractivity contribution in [1.82, 2.24) is 5.32 Å². The van der Waals surface area contributed by atoms with Gasteiger partial charge in [0.25, 0.3) is 0 Å². The SMILES string of the molecule is CC/C=C/CC/C=C/CC/C=C/C(O)C(COC1OC(CO)C(O)C(O)C1O)NC(=O)CCCCCCCCCCC/C=C\C/C=C\CCCCC. The molecule has 1 fully saturated rings. The molecule has 0 aromatic rings. The highest BCUT2D eigenvalue weighted by Gasteiger charge is 2.44. The molecule has 1 heterocycles. The zero-order valence-corrected chi connectivity index (χ0v) is 32.5. The van der Waals surface area contributed by atoms with E-state index in [4.69, 9.17) is 9.47 Å². The number of unbranched alkanes of at least 4 members (excludes halogenated alkanes) is 14. The summed E-state index contributed by atoms with van der Waals surface area (Å²) in [7, 11) is 0. The Balaban J connectivity index is 2.38. The summed E-state index contributed by atoms with van der Waals surface area (Å²) in [6, 6.07) is -0.829. The smallest absolute Gasteiger partial charge is 0.220 e. The summed E-state index contributed by atoms with van der Waals surface area (Å²) in [5.41, 5.74) is 0. The number of hydrogen-bond acceptors (Lipinski definition) is 8. The highest BCUT2D eigenvalue weighted by Crippen LogP contribution is 2.22. The average Bonchev–Trinajstić information content (AvgIpc) is 3.14. The van der Waals surface area contributed by atoms with Crippen molar-refractivity contribution in [2.45, 2.75) is 192 Å². The maximum atomic E-state index is 12.9. The van der Waals surface area contributed by atoms with E-state index in [0.29, 0.717) is 6.42 Å². The van der Waals surface area contributed by atoms with Crippen LogP contribution in [-0.4, -0.2) is 87.5 Å². The Morgan fingerprint density at radius 1 is 0.673 bits per heavy atom. The molecule has 0 aromatic carbocycles. The molecular formula is C43H75NO8. The van der Waals surface area contributed by atoms with Crippen LogP contribution < -0.4 is 5.32 Å². The molecule has 1 saturated heterocycles. The molecule has 0 aromatic heterocycles. The zero-order chi connectivity index (χ0) is 38.1. The van der Waals surface area contributed by atoms with E-state index in [2.05, 4.69) is 67.8 Å². The van der Waals surface area contributed by atoms with E-state index in [9.17, 15) is 30.3 Å². The number of hydrogen-bond donors (Lipinski definition) is 6. The van der Waals surface area contributed by atoms with Crippen molar-refractivity contribution in [2.75, 3.05) is 13.2 Å². The van der Waals surface area contributed by atoms with Crippen LogP contribution in [0.2, 0.25) is 0 Å². The summed E-state index contributed by atoms with van der Waals surface area (Å²) < 4.78 is 11.1. The van der Waals surface area contributed by atoms with Crippen molar-refractivity contribution in [3.63, 3.8) is 0 Å². The Hall–Kier alpha value is -2.11. The predicted octanol–water partition coefficient (Wildman–Crippen LogP) is 7.66. The van der Waals surface area contributed by atoms with Gasteiger partial charge in [-0.3, -0.25) is 4.79 Å². The van der Waals surface area contributed by atoms with Gasteiger partial charge < -0.3 is 40.3 Å². The van der Waals surface area contributed by atoms with Gasteiger partial charge in [-0.15, -0.1) is 0 Å². The fourth-order valence-electron chi connectivity index (χ4n) is 5.99. The maximum absolute atomic E-state index is 12.9. The van der Waals surface area contributed by atoms with E-state index in [0.717, 1.165) is 70.6 Å². The number of carbonyl (C=O) groups is 1. The second kappa shape index (κ2) is 33.5. The Bertz CT molecular complexity index is 994. The molecule has 1 aliphatic rings. The second-order valence-corrected chi connectivity index (χ2v) is 14.0. The number of allylic oxidation sites excluding steroid dienone is 9. The van der Waals surface area contributed by atoms with Gasteiger partial charge in [0.2, 0.25) is 5.91 Å². The van der Waals surface area contributed by atoms with Crippen LogP contribution in [0.5, 0.6) is 0 Å². The largest absolute Gasteiger partial charge is 0.394 e. The molecule has 0 spiro atoms. The first kappa shape index (κ1) is 47.9. The molecule has 0 aliphatic carbocycles. The minimum absolute atomic E-state index is 0.202. The van der Waals surface area contributed by atoms with Crippen molar-refractivity contribution in [3.05, 3.63) is 60.8 Å². The molecule has 6 N–H and O–H groups in total. The van der Waals surface area contributed by atoms with E-state index in [-0.39, 0.29) is 12.5 Å². The highest BCUT2D eigenvalue weighted by molar-refractivity contribution is 5.76. The van der Waals surface area contributed by atoms with Crippen molar-refractivity contribution < 1.29 is 39.8 Å². The lowest BCUT2D eigenvalue weighted by molar-refractivity contribution is -0.302. The third kappa shape index (κ3) is 24.3. The summed E-state index contributed by atoms with van der Waals surface area (Å²) in [5.74, 6) is -0.202. The lowest BCUT2D eigenvalue weighted by Gasteiger charge is -2.40. The van der Waals surface area contributed by atoms with Gasteiger partial charge in [-0.1, -0.05) is 132 Å². The van der Waals surface area contributed by atoms with Gasteiger partial charge in [-0.25, -0.2) is 0 Å². The summed E-state index contributed by atoms with van der Waals surface area (Å²) in [6.07, 6.45) is 35.6. The number of aliphatic hydroxyl groups excluding tert-OH is 5. The van der Waals surface area contributed by atoms with Crippen LogP contribution in [0, 0.1) is 0 Å². The molecule has 1 amide bonds. The third-order valence-corrected chi connectivity index (χ3v) is 9.30. The molecule has 0 radical (unpaired) electrons. The van der Waals surface area contributed by atoms with Gasteiger partial charge in [0.1, 0.15) is 24.4 Å². The van der Waals surface area contributed by atoms with Crippen molar-refractivity contribution in [1.29, 1.82) is 0 Å². The molecule has 9 heteroatoms. The quantitative estimate of drug-likeness (QED) is 0.0305. The minimum Gasteiger partial charge on any atom is -0.394 e. The Morgan fingerprint density at radius 3 is 1.81 bits per heavy atom. The molecule has 1 aliphatic heterocycles. The summed E-state index contributed by atoms with van der Waals surface area (Å²) in [6.45, 7) is 3.57. The van der Waals surface area contributed by atoms with Crippen molar-refractivity contribution in [3.8, 4) is 0 Å². The van der Waals surface area contributed by atoms with Gasteiger partial charge in [0.15, 0.2) is 6.29 Å². The standard InChI is InChI=1S/C43H75NO8/c1-3-5-7-9-11-13-15-16-17-18-19-20-21-22-23-25-27-29-31-33-39(47)44-36(35-51-43-42(50)41(49)40(48)38(34-45)52-43)37(46)32-30-28-26-24-14-12-10-8-6-4-2/h6,8,11,13-14,16-17,24,30,32,36-38,40-43,45-46,48-50H,3-5,7,9-10,12,15,18-23,25-29,31,33-35H2,1-2H3,(H,44,47)/b8-6+,13-11-,17-16-,24-14+,32-30+. The van der Waals surface area contributed by atoms with E-state index in [1.807, 2.05) is 6.08 Å². The molecule has 52 heavy (non-hydrogen) atoms. The fraction of sp³-hybridized carbons (Fsp3) is 0.744.